The first-order valence-electron chi connectivity index (χ1n) is 19.3. The van der Waals surface area contributed by atoms with E-state index in [4.69, 9.17) is 0 Å². The summed E-state index contributed by atoms with van der Waals surface area (Å²) in [4.78, 5) is 12.4. The van der Waals surface area contributed by atoms with Gasteiger partial charge in [-0.15, -0.1) is 0 Å². The van der Waals surface area contributed by atoms with E-state index in [2.05, 4.69) is 47.4 Å². The van der Waals surface area contributed by atoms with Crippen molar-refractivity contribution in [2.75, 3.05) is 6.61 Å². The van der Waals surface area contributed by atoms with Crippen LogP contribution in [0, 0.1) is 0 Å². The maximum absolute atomic E-state index is 12.4. The van der Waals surface area contributed by atoms with Gasteiger partial charge in [-0.25, -0.2) is 4.57 Å². The van der Waals surface area contributed by atoms with Crippen LogP contribution < -0.4 is 26.9 Å². The molecule has 7 heteroatoms. The van der Waals surface area contributed by atoms with Crippen molar-refractivity contribution >= 4 is 5.91 Å². The number of pyridine rings is 1. The van der Waals surface area contributed by atoms with Crippen molar-refractivity contribution < 1.29 is 41.7 Å². The lowest BCUT2D eigenvalue weighted by Crippen LogP contribution is -3.00. The van der Waals surface area contributed by atoms with E-state index in [-0.39, 0.29) is 29.5 Å². The molecular weight excluding hydrogens is 640 g/mol. The van der Waals surface area contributed by atoms with Crippen molar-refractivity contribution in [2.45, 2.75) is 205 Å². The molecule has 0 radical (unpaired) electrons. The molecule has 0 fully saturated rings. The fourth-order valence-corrected chi connectivity index (χ4v) is 6.26. The van der Waals surface area contributed by atoms with Gasteiger partial charge in [-0.05, 0) is 19.3 Å². The van der Waals surface area contributed by atoms with Gasteiger partial charge in [0, 0.05) is 25.0 Å². The number of aryl methyl sites for hydroxylation is 1. The normalized spacial score (nSPS) is 13.2. The fraction of sp³-hybridized carbons (Fsp3) is 0.846. The Hall–Kier alpha value is -1.02. The Morgan fingerprint density at radius 3 is 1.48 bits per heavy atom. The van der Waals surface area contributed by atoms with Gasteiger partial charge in [-0.2, -0.15) is 0 Å². The van der Waals surface area contributed by atoms with Gasteiger partial charge < -0.3 is 37.6 Å². The molecule has 0 saturated carbocycles. The summed E-state index contributed by atoms with van der Waals surface area (Å²) in [5.74, 6) is -0.149. The van der Waals surface area contributed by atoms with E-state index in [1.54, 1.807) is 0 Å². The molecule has 4 N–H and O–H groups in total. The number of hydrogen-bond acceptors (Lipinski definition) is 4. The summed E-state index contributed by atoms with van der Waals surface area (Å²) in [6.07, 6.45) is 34.3. The summed E-state index contributed by atoms with van der Waals surface area (Å²) in [5, 5.41) is 33.4. The monoisotopic (exact) mass is 712 g/mol. The Morgan fingerprint density at radius 2 is 1.02 bits per heavy atom. The molecule has 0 aromatic carbocycles. The van der Waals surface area contributed by atoms with Crippen LogP contribution in [0.1, 0.15) is 180 Å². The number of halogens is 1. The van der Waals surface area contributed by atoms with Gasteiger partial charge in [-0.1, -0.05) is 154 Å². The molecule has 0 aliphatic heterocycles. The van der Waals surface area contributed by atoms with Crippen LogP contribution >= 0.6 is 0 Å². The third-order valence-corrected chi connectivity index (χ3v) is 9.30. The number of carbonyl (C=O) groups is 1. The Balaban J connectivity index is 0.0000202. The van der Waals surface area contributed by atoms with Crippen LogP contribution in [0.25, 0.3) is 0 Å². The first-order valence-corrected chi connectivity index (χ1v) is 19.3. The quantitative estimate of drug-likeness (QED) is 0.0554. The van der Waals surface area contributed by atoms with Gasteiger partial charge in [-0.3, -0.25) is 4.79 Å². The molecular formula is C39H73BrN2O4. The van der Waals surface area contributed by atoms with E-state index < -0.39 is 18.2 Å². The first kappa shape index (κ1) is 45.0. The first-order chi connectivity index (χ1) is 22.1. The average molecular weight is 714 g/mol. The predicted molar refractivity (Wildman–Crippen MR) is 188 cm³/mol. The Bertz CT molecular complexity index is 770. The maximum atomic E-state index is 12.4. The molecule has 1 amide bonds. The molecule has 1 heterocycles. The van der Waals surface area contributed by atoms with Crippen LogP contribution in [0.3, 0.4) is 0 Å². The molecule has 0 aliphatic carbocycles. The molecule has 3 atom stereocenters. The zero-order valence-corrected chi connectivity index (χ0v) is 31.3. The van der Waals surface area contributed by atoms with E-state index in [0.717, 1.165) is 45.1 Å². The van der Waals surface area contributed by atoms with Gasteiger partial charge in [0.2, 0.25) is 5.91 Å². The van der Waals surface area contributed by atoms with Gasteiger partial charge in [0.25, 0.3) is 0 Å². The third kappa shape index (κ3) is 27.0. The van der Waals surface area contributed by atoms with Crippen molar-refractivity contribution in [1.82, 2.24) is 5.32 Å². The van der Waals surface area contributed by atoms with Crippen LogP contribution in [0.15, 0.2) is 30.6 Å². The number of nitrogens with one attached hydrogen (secondary N) is 1. The lowest BCUT2D eigenvalue weighted by molar-refractivity contribution is -0.697. The molecule has 0 bridgehead atoms. The summed E-state index contributed by atoms with van der Waals surface area (Å²) in [7, 11) is 0. The number of amides is 1. The van der Waals surface area contributed by atoms with Crippen LogP contribution in [-0.4, -0.2) is 46.1 Å². The van der Waals surface area contributed by atoms with E-state index in [0.29, 0.717) is 12.8 Å². The second-order valence-corrected chi connectivity index (χ2v) is 13.6. The number of aliphatic hydroxyl groups excluding tert-OH is 3. The zero-order valence-electron chi connectivity index (χ0n) is 29.7. The van der Waals surface area contributed by atoms with Crippen molar-refractivity contribution in [3.8, 4) is 0 Å². The summed E-state index contributed by atoms with van der Waals surface area (Å²) >= 11 is 0. The number of aliphatic hydroxyl groups is 3. The van der Waals surface area contributed by atoms with E-state index in [1.807, 2.05) is 0 Å². The Morgan fingerprint density at radius 1 is 0.609 bits per heavy atom. The molecule has 1 aromatic rings. The molecule has 0 unspecified atom stereocenters. The second kappa shape index (κ2) is 33.9. The highest BCUT2D eigenvalue weighted by Crippen LogP contribution is 2.16. The molecule has 0 aliphatic rings. The highest BCUT2D eigenvalue weighted by atomic mass is 79.9. The average Bonchev–Trinajstić information content (AvgIpc) is 3.05. The lowest BCUT2D eigenvalue weighted by Gasteiger charge is -2.26. The standard InChI is InChI=1S/C39H72N2O4.BrH/c1-2-3-4-5-6-7-8-12-15-18-21-25-30-37(43)39(45)36(35-42)40-38(44)31-26-22-19-16-13-10-9-11-14-17-20-23-27-32-41-33-28-24-29-34-41;/h24,28-29,33-34,36-37,39,42-43,45H,2-23,25-27,30-32,35H2,1H3;1H/t36-,37+,39-;/m0./s1. The zero-order chi connectivity index (χ0) is 32.6. The minimum Gasteiger partial charge on any atom is -1.00 e. The van der Waals surface area contributed by atoms with Crippen molar-refractivity contribution in [2.24, 2.45) is 0 Å². The van der Waals surface area contributed by atoms with Crippen molar-refractivity contribution in [1.29, 1.82) is 0 Å². The SMILES string of the molecule is CCCCCCCCCCCCCC[C@@H](O)[C@@H](O)[C@H](CO)NC(=O)CCCCCCCCCCCCCCC[n+]1ccccc1.[Br-]. The summed E-state index contributed by atoms with van der Waals surface area (Å²) in [5.41, 5.74) is 0. The predicted octanol–water partition coefficient (Wildman–Crippen LogP) is 5.73. The van der Waals surface area contributed by atoms with Crippen LogP contribution in [-0.2, 0) is 11.3 Å². The Labute approximate surface area is 294 Å². The summed E-state index contributed by atoms with van der Waals surface area (Å²) in [6, 6.07) is 5.44. The minimum atomic E-state index is -1.13. The number of nitrogens with zero attached hydrogens (tertiary/aromatic N) is 1. The van der Waals surface area contributed by atoms with Gasteiger partial charge in [0.15, 0.2) is 12.4 Å². The summed E-state index contributed by atoms with van der Waals surface area (Å²) < 4.78 is 2.26. The highest BCUT2D eigenvalue weighted by molar-refractivity contribution is 5.76. The van der Waals surface area contributed by atoms with Crippen molar-refractivity contribution in [3.63, 3.8) is 0 Å². The number of rotatable bonds is 33. The third-order valence-electron chi connectivity index (χ3n) is 9.30. The number of carbonyl (C=O) groups excluding carboxylic acids is 1. The molecule has 1 rings (SSSR count). The van der Waals surface area contributed by atoms with E-state index in [9.17, 15) is 20.1 Å². The smallest absolute Gasteiger partial charge is 0.220 e. The minimum absolute atomic E-state index is 0. The van der Waals surface area contributed by atoms with Gasteiger partial charge >= 0.3 is 0 Å². The molecule has 270 valence electrons. The van der Waals surface area contributed by atoms with Crippen molar-refractivity contribution in [3.05, 3.63) is 30.6 Å². The van der Waals surface area contributed by atoms with E-state index >= 15 is 0 Å². The van der Waals surface area contributed by atoms with Gasteiger partial charge in [0.1, 0.15) is 12.6 Å². The molecule has 6 nitrogen and oxygen atoms in total. The topological polar surface area (TPSA) is 93.7 Å². The molecule has 1 aromatic heterocycles. The number of aromatic nitrogens is 1. The van der Waals surface area contributed by atoms with Crippen LogP contribution in [0.4, 0.5) is 0 Å². The highest BCUT2D eigenvalue weighted by Gasteiger charge is 2.26. The van der Waals surface area contributed by atoms with E-state index in [1.165, 1.54) is 122 Å². The van der Waals surface area contributed by atoms with Crippen LogP contribution in [0.2, 0.25) is 0 Å². The van der Waals surface area contributed by atoms with Crippen LogP contribution in [0.5, 0.6) is 0 Å². The maximum Gasteiger partial charge on any atom is 0.220 e. The Kier molecular flexibility index (Phi) is 33.1. The molecule has 46 heavy (non-hydrogen) atoms. The largest absolute Gasteiger partial charge is 1.00 e. The number of hydrogen-bond donors (Lipinski definition) is 4. The lowest BCUT2D eigenvalue weighted by atomic mass is 9.99. The number of unbranched alkanes of at least 4 members (excludes halogenated alkanes) is 23. The van der Waals surface area contributed by atoms with Gasteiger partial charge in [0.05, 0.1) is 18.8 Å². The molecule has 0 saturated heterocycles. The fourth-order valence-electron chi connectivity index (χ4n) is 6.26. The molecule has 0 spiro atoms. The summed E-state index contributed by atoms with van der Waals surface area (Å²) in [6.45, 7) is 3.02. The second-order valence-electron chi connectivity index (χ2n) is 13.6.